The first-order valence-electron chi connectivity index (χ1n) is 5.67. The van der Waals surface area contributed by atoms with Crippen LogP contribution in [0.5, 0.6) is 0 Å². The van der Waals surface area contributed by atoms with Crippen LogP contribution in [0.1, 0.15) is 36.5 Å². The lowest BCUT2D eigenvalue weighted by atomic mass is 10.2. The molecule has 2 N–H and O–H groups in total. The Hall–Kier alpha value is -2.18. The Morgan fingerprint density at radius 2 is 2.28 bits per heavy atom. The first-order valence-corrected chi connectivity index (χ1v) is 5.67. The second-order valence-corrected chi connectivity index (χ2v) is 3.79. The number of rotatable bonds is 7. The van der Waals surface area contributed by atoms with E-state index in [4.69, 9.17) is 5.11 Å². The Balaban J connectivity index is 2.83. The third-order valence-corrected chi connectivity index (χ3v) is 2.39. The predicted molar refractivity (Wildman–Crippen MR) is 65.9 cm³/mol. The zero-order valence-corrected chi connectivity index (χ0v) is 10.0. The van der Waals surface area contributed by atoms with Crippen molar-refractivity contribution in [1.82, 2.24) is 4.98 Å². The number of aromatic carboxylic acids is 1. The molecule has 0 aliphatic carbocycles. The topological polar surface area (TPSA) is 105 Å². The van der Waals surface area contributed by atoms with E-state index in [9.17, 15) is 14.9 Å². The molecule has 0 saturated carbocycles. The summed E-state index contributed by atoms with van der Waals surface area (Å²) in [6, 6.07) is 1.01. The van der Waals surface area contributed by atoms with Crippen LogP contribution in [0.4, 0.5) is 11.5 Å². The molecule has 1 aromatic heterocycles. The molecule has 0 radical (unpaired) electrons. The van der Waals surface area contributed by atoms with Gasteiger partial charge in [0.25, 0.3) is 5.69 Å². The van der Waals surface area contributed by atoms with Crippen LogP contribution in [-0.2, 0) is 0 Å². The zero-order valence-electron chi connectivity index (χ0n) is 10.0. The molecule has 0 bridgehead atoms. The third-order valence-electron chi connectivity index (χ3n) is 2.39. The van der Waals surface area contributed by atoms with Crippen LogP contribution in [0.2, 0.25) is 0 Å². The van der Waals surface area contributed by atoms with Crippen molar-refractivity contribution in [2.45, 2.75) is 26.2 Å². The first-order chi connectivity index (χ1) is 8.56. The van der Waals surface area contributed by atoms with Gasteiger partial charge in [-0.2, -0.15) is 0 Å². The number of carbonyl (C=O) groups is 1. The summed E-state index contributed by atoms with van der Waals surface area (Å²) in [4.78, 5) is 24.6. The standard InChI is InChI=1S/C11H15N3O4/c1-2-3-4-5-12-10-9(11(15)16)6-8(7-13-10)14(17)18/h6-7H,2-5H2,1H3,(H,12,13)(H,15,16). The van der Waals surface area contributed by atoms with Crippen LogP contribution in [0.25, 0.3) is 0 Å². The highest BCUT2D eigenvalue weighted by Gasteiger charge is 2.16. The van der Waals surface area contributed by atoms with Gasteiger partial charge in [0.1, 0.15) is 17.6 Å². The number of unbranched alkanes of at least 4 members (excludes halogenated alkanes) is 2. The van der Waals surface area contributed by atoms with E-state index in [1.165, 1.54) is 0 Å². The number of aromatic nitrogens is 1. The van der Waals surface area contributed by atoms with Crippen molar-refractivity contribution in [2.75, 3.05) is 11.9 Å². The van der Waals surface area contributed by atoms with E-state index in [2.05, 4.69) is 17.2 Å². The van der Waals surface area contributed by atoms with Crippen molar-refractivity contribution in [1.29, 1.82) is 0 Å². The molecular formula is C11H15N3O4. The lowest BCUT2D eigenvalue weighted by Gasteiger charge is -2.07. The van der Waals surface area contributed by atoms with E-state index in [1.807, 2.05) is 0 Å². The van der Waals surface area contributed by atoms with Gasteiger partial charge in [-0.15, -0.1) is 0 Å². The molecule has 0 spiro atoms. The summed E-state index contributed by atoms with van der Waals surface area (Å²) in [5.41, 5.74) is -0.507. The number of carboxylic acids is 1. The number of hydrogen-bond donors (Lipinski definition) is 2. The molecule has 0 aliphatic heterocycles. The molecule has 1 aromatic rings. The fourth-order valence-corrected chi connectivity index (χ4v) is 1.44. The fourth-order valence-electron chi connectivity index (χ4n) is 1.44. The minimum Gasteiger partial charge on any atom is -0.478 e. The average Bonchev–Trinajstić information content (AvgIpc) is 2.34. The maximum absolute atomic E-state index is 11.0. The molecule has 0 aliphatic rings. The Kier molecular flexibility index (Phi) is 5.04. The number of nitro groups is 1. The molecule has 0 saturated heterocycles. The highest BCUT2D eigenvalue weighted by atomic mass is 16.6. The first kappa shape index (κ1) is 13.9. The predicted octanol–water partition coefficient (Wildman–Crippen LogP) is 2.29. The highest BCUT2D eigenvalue weighted by Crippen LogP contribution is 2.19. The summed E-state index contributed by atoms with van der Waals surface area (Å²) < 4.78 is 0. The Labute approximate surface area is 104 Å². The van der Waals surface area contributed by atoms with Gasteiger partial charge in [0.2, 0.25) is 0 Å². The third kappa shape index (κ3) is 3.69. The molecule has 0 amide bonds. The summed E-state index contributed by atoms with van der Waals surface area (Å²) in [7, 11) is 0. The van der Waals surface area contributed by atoms with Crippen molar-refractivity contribution >= 4 is 17.5 Å². The van der Waals surface area contributed by atoms with Gasteiger partial charge in [0.15, 0.2) is 0 Å². The van der Waals surface area contributed by atoms with Crippen molar-refractivity contribution in [3.63, 3.8) is 0 Å². The minimum absolute atomic E-state index is 0.171. The zero-order chi connectivity index (χ0) is 13.5. The Morgan fingerprint density at radius 1 is 1.56 bits per heavy atom. The summed E-state index contributed by atoms with van der Waals surface area (Å²) in [6.07, 6.45) is 4.03. The van der Waals surface area contributed by atoms with E-state index in [-0.39, 0.29) is 17.1 Å². The van der Waals surface area contributed by atoms with E-state index < -0.39 is 10.9 Å². The van der Waals surface area contributed by atoms with Crippen molar-refractivity contribution in [3.8, 4) is 0 Å². The molecule has 98 valence electrons. The average molecular weight is 253 g/mol. The van der Waals surface area contributed by atoms with Crippen LogP contribution in [0.15, 0.2) is 12.3 Å². The summed E-state index contributed by atoms with van der Waals surface area (Å²) in [5, 5.41) is 22.4. The molecule has 0 fully saturated rings. The lowest BCUT2D eigenvalue weighted by Crippen LogP contribution is -2.10. The van der Waals surface area contributed by atoms with E-state index in [1.54, 1.807) is 0 Å². The van der Waals surface area contributed by atoms with Gasteiger partial charge >= 0.3 is 5.97 Å². The summed E-state index contributed by atoms with van der Waals surface area (Å²) in [5.74, 6) is -1.06. The van der Waals surface area contributed by atoms with Crippen LogP contribution >= 0.6 is 0 Å². The van der Waals surface area contributed by atoms with Gasteiger partial charge in [-0.05, 0) is 6.42 Å². The second kappa shape index (κ2) is 6.53. The molecular weight excluding hydrogens is 238 g/mol. The SMILES string of the molecule is CCCCCNc1ncc([N+](=O)[O-])cc1C(=O)O. The Bertz CT molecular complexity index is 448. The van der Waals surface area contributed by atoms with Gasteiger partial charge < -0.3 is 10.4 Å². The smallest absolute Gasteiger partial charge is 0.339 e. The van der Waals surface area contributed by atoms with Gasteiger partial charge in [-0.1, -0.05) is 19.8 Å². The van der Waals surface area contributed by atoms with Gasteiger partial charge in [0.05, 0.1) is 4.92 Å². The largest absolute Gasteiger partial charge is 0.478 e. The molecule has 0 aromatic carbocycles. The van der Waals surface area contributed by atoms with Gasteiger partial charge in [-0.3, -0.25) is 10.1 Å². The molecule has 7 heteroatoms. The molecule has 0 atom stereocenters. The summed E-state index contributed by atoms with van der Waals surface area (Å²) in [6.45, 7) is 2.66. The molecule has 1 rings (SSSR count). The quantitative estimate of drug-likeness (QED) is 0.438. The van der Waals surface area contributed by atoms with Crippen LogP contribution in [0, 0.1) is 10.1 Å². The number of hydrogen-bond acceptors (Lipinski definition) is 5. The van der Waals surface area contributed by atoms with E-state index in [0.29, 0.717) is 6.54 Å². The van der Waals surface area contributed by atoms with E-state index in [0.717, 1.165) is 31.5 Å². The Morgan fingerprint density at radius 3 is 2.83 bits per heavy atom. The number of pyridine rings is 1. The maximum atomic E-state index is 11.0. The number of nitrogens with one attached hydrogen (secondary N) is 1. The fraction of sp³-hybridized carbons (Fsp3) is 0.455. The van der Waals surface area contributed by atoms with Crippen LogP contribution in [0.3, 0.4) is 0 Å². The number of nitrogens with zero attached hydrogens (tertiary/aromatic N) is 2. The van der Waals surface area contributed by atoms with Crippen molar-refractivity contribution < 1.29 is 14.8 Å². The summed E-state index contributed by atoms with van der Waals surface area (Å²) >= 11 is 0. The van der Waals surface area contributed by atoms with Gasteiger partial charge in [-0.25, -0.2) is 9.78 Å². The highest BCUT2D eigenvalue weighted by molar-refractivity contribution is 5.93. The lowest BCUT2D eigenvalue weighted by molar-refractivity contribution is -0.385. The van der Waals surface area contributed by atoms with Gasteiger partial charge in [0, 0.05) is 12.6 Å². The van der Waals surface area contributed by atoms with Crippen LogP contribution < -0.4 is 5.32 Å². The normalized spacial score (nSPS) is 10.1. The van der Waals surface area contributed by atoms with Crippen LogP contribution in [-0.4, -0.2) is 27.5 Å². The molecule has 1 heterocycles. The minimum atomic E-state index is -1.23. The molecule has 18 heavy (non-hydrogen) atoms. The second-order valence-electron chi connectivity index (χ2n) is 3.79. The maximum Gasteiger partial charge on any atom is 0.339 e. The molecule has 7 nitrogen and oxygen atoms in total. The van der Waals surface area contributed by atoms with Crippen molar-refractivity contribution in [2.24, 2.45) is 0 Å². The molecule has 0 unspecified atom stereocenters. The van der Waals surface area contributed by atoms with Crippen molar-refractivity contribution in [3.05, 3.63) is 27.9 Å². The number of anilines is 1. The van der Waals surface area contributed by atoms with E-state index >= 15 is 0 Å². The monoisotopic (exact) mass is 253 g/mol. The number of carboxylic acid groups (broad SMARTS) is 1.